The summed E-state index contributed by atoms with van der Waals surface area (Å²) in [6, 6.07) is 10.3. The number of piperidine rings is 1. The maximum atomic E-state index is 12.8. The highest BCUT2D eigenvalue weighted by Crippen LogP contribution is 2.33. The molecule has 2 atom stereocenters. The topological polar surface area (TPSA) is 71.1 Å². The number of nitrogens with zero attached hydrogens (tertiary/aromatic N) is 2. The number of ether oxygens (including phenoxy) is 2. The van der Waals surface area contributed by atoms with E-state index in [1.165, 1.54) is 25.1 Å². The number of anilines is 2. The Morgan fingerprint density at radius 1 is 1.08 bits per heavy atom. The Morgan fingerprint density at radius 2 is 1.89 bits per heavy atom. The van der Waals surface area contributed by atoms with Crippen molar-refractivity contribution in [3.05, 3.63) is 47.5 Å². The van der Waals surface area contributed by atoms with Crippen LogP contribution >= 0.6 is 11.6 Å². The fourth-order valence-corrected chi connectivity index (χ4v) is 4.82. The number of likely N-dealkylation sites (tertiary alicyclic amines) is 1. The normalized spacial score (nSPS) is 20.2. The molecule has 0 bridgehead atoms. The van der Waals surface area contributed by atoms with Crippen LogP contribution in [0, 0.1) is 0 Å². The summed E-state index contributed by atoms with van der Waals surface area (Å²) in [5.74, 6) is -0.206. The fourth-order valence-electron chi connectivity index (χ4n) is 4.60. The Bertz CT molecular complexity index is 1110. The molecule has 2 fully saturated rings. The van der Waals surface area contributed by atoms with Crippen molar-refractivity contribution >= 4 is 34.8 Å². The van der Waals surface area contributed by atoms with E-state index in [-0.39, 0.29) is 23.7 Å². The van der Waals surface area contributed by atoms with Crippen LogP contribution in [-0.2, 0) is 9.59 Å². The van der Waals surface area contributed by atoms with Gasteiger partial charge in [-0.15, -0.1) is 13.2 Å². The monoisotopic (exact) mass is 525 g/mol. The third-order valence-corrected chi connectivity index (χ3v) is 6.56. The van der Waals surface area contributed by atoms with Crippen molar-refractivity contribution < 1.29 is 32.2 Å². The number of benzene rings is 2. The molecule has 36 heavy (non-hydrogen) atoms. The van der Waals surface area contributed by atoms with Gasteiger partial charge in [-0.25, -0.2) is 0 Å². The average Bonchev–Trinajstić information content (AvgIpc) is 3.28. The van der Waals surface area contributed by atoms with Crippen LogP contribution in [0.3, 0.4) is 0 Å². The zero-order valence-electron chi connectivity index (χ0n) is 19.7. The third-order valence-electron chi connectivity index (χ3n) is 6.26. The van der Waals surface area contributed by atoms with E-state index < -0.39 is 12.4 Å². The van der Waals surface area contributed by atoms with E-state index in [4.69, 9.17) is 16.3 Å². The van der Waals surface area contributed by atoms with E-state index in [2.05, 4.69) is 10.1 Å². The minimum Gasteiger partial charge on any atom is -0.487 e. The molecule has 2 saturated heterocycles. The molecule has 11 heteroatoms. The first kappa shape index (κ1) is 25.9. The number of hydrogen-bond acceptors (Lipinski definition) is 5. The molecule has 0 unspecified atom stereocenters. The van der Waals surface area contributed by atoms with Crippen molar-refractivity contribution in [1.29, 1.82) is 0 Å². The molecular formula is C25H27ClF3N3O4. The third kappa shape index (κ3) is 6.54. The Balaban J connectivity index is 1.35. The van der Waals surface area contributed by atoms with E-state index >= 15 is 0 Å². The highest BCUT2D eigenvalue weighted by Gasteiger charge is 2.32. The molecule has 2 heterocycles. The lowest BCUT2D eigenvalue weighted by atomic mass is 10.0. The minimum atomic E-state index is -4.75. The van der Waals surface area contributed by atoms with Gasteiger partial charge in [0, 0.05) is 43.9 Å². The van der Waals surface area contributed by atoms with Gasteiger partial charge in [-0.1, -0.05) is 17.7 Å². The zero-order chi connectivity index (χ0) is 25.9. The van der Waals surface area contributed by atoms with Gasteiger partial charge in [0.2, 0.25) is 11.8 Å². The van der Waals surface area contributed by atoms with E-state index in [1.54, 1.807) is 29.2 Å². The van der Waals surface area contributed by atoms with Gasteiger partial charge < -0.3 is 24.6 Å². The Morgan fingerprint density at radius 3 is 2.61 bits per heavy atom. The van der Waals surface area contributed by atoms with Crippen molar-refractivity contribution in [2.24, 2.45) is 0 Å². The molecule has 2 aliphatic rings. The Hall–Kier alpha value is -3.14. The number of carbonyl (C=O) groups excluding carboxylic acids is 2. The van der Waals surface area contributed by atoms with Crippen LogP contribution in [-0.4, -0.2) is 54.9 Å². The number of hydrogen-bond donors (Lipinski definition) is 1. The first-order valence-electron chi connectivity index (χ1n) is 11.7. The number of nitrogens with one attached hydrogen (secondary N) is 1. The number of amides is 2. The van der Waals surface area contributed by atoms with Crippen molar-refractivity contribution in [2.75, 3.05) is 29.9 Å². The van der Waals surface area contributed by atoms with Crippen LogP contribution in [0.1, 0.15) is 32.6 Å². The number of alkyl halides is 3. The van der Waals surface area contributed by atoms with Gasteiger partial charge in [-0.2, -0.15) is 0 Å². The van der Waals surface area contributed by atoms with Gasteiger partial charge in [-0.3, -0.25) is 9.59 Å². The second kappa shape index (κ2) is 10.9. The molecule has 0 aromatic heterocycles. The van der Waals surface area contributed by atoms with Gasteiger partial charge in [0.05, 0.1) is 11.6 Å². The smallest absolute Gasteiger partial charge is 0.487 e. The maximum Gasteiger partial charge on any atom is 0.573 e. The molecule has 0 radical (unpaired) electrons. The predicted molar refractivity (Wildman–Crippen MR) is 129 cm³/mol. The minimum absolute atomic E-state index is 0.123. The predicted octanol–water partition coefficient (Wildman–Crippen LogP) is 5.24. The highest BCUT2D eigenvalue weighted by molar-refractivity contribution is 6.32. The lowest BCUT2D eigenvalue weighted by molar-refractivity contribution is -0.274. The molecule has 2 aromatic rings. The molecule has 2 aliphatic heterocycles. The standard InChI is InChI=1S/C25H27ClF3N3O4/c1-16(33)32-11-3-2-7-22(32)24(34)30-17-8-9-23(21(26)13-17)35-20-10-12-31(15-20)18-5-4-6-19(14-18)36-25(27,28)29/h4-6,8-9,13-14,20,22H,2-3,7,10-12,15H2,1H3,(H,30,34)/t20-,22+/m0/s1. The van der Waals surface area contributed by atoms with E-state index in [0.29, 0.717) is 54.6 Å². The summed E-state index contributed by atoms with van der Waals surface area (Å²) in [6.07, 6.45) is -1.94. The first-order valence-corrected chi connectivity index (χ1v) is 12.1. The highest BCUT2D eigenvalue weighted by atomic mass is 35.5. The second-order valence-electron chi connectivity index (χ2n) is 8.88. The largest absolute Gasteiger partial charge is 0.573 e. The van der Waals surface area contributed by atoms with Gasteiger partial charge in [0.1, 0.15) is 23.6 Å². The molecule has 0 aliphatic carbocycles. The molecule has 1 N–H and O–H groups in total. The Labute approximate surface area is 212 Å². The van der Waals surface area contributed by atoms with Crippen LogP contribution in [0.15, 0.2) is 42.5 Å². The lowest BCUT2D eigenvalue weighted by Crippen LogP contribution is -2.49. The summed E-state index contributed by atoms with van der Waals surface area (Å²) in [5.41, 5.74) is 1.11. The van der Waals surface area contributed by atoms with E-state index in [1.807, 2.05) is 4.90 Å². The quantitative estimate of drug-likeness (QED) is 0.559. The molecule has 2 aromatic carbocycles. The van der Waals surface area contributed by atoms with Crippen LogP contribution in [0.2, 0.25) is 5.02 Å². The van der Waals surface area contributed by atoms with Crippen molar-refractivity contribution in [1.82, 2.24) is 4.90 Å². The van der Waals surface area contributed by atoms with E-state index in [0.717, 1.165) is 12.8 Å². The molecule has 4 rings (SSSR count). The van der Waals surface area contributed by atoms with Crippen LogP contribution in [0.25, 0.3) is 0 Å². The second-order valence-corrected chi connectivity index (χ2v) is 9.29. The number of rotatable bonds is 6. The SMILES string of the molecule is CC(=O)N1CCCC[C@@H]1C(=O)Nc1ccc(O[C@H]2CCN(c3cccc(OC(F)(F)F)c3)C2)c(Cl)c1. The maximum absolute atomic E-state index is 12.8. The Kier molecular flexibility index (Phi) is 7.82. The summed E-state index contributed by atoms with van der Waals surface area (Å²) < 4.78 is 47.6. The van der Waals surface area contributed by atoms with Crippen molar-refractivity contribution in [2.45, 2.75) is 51.1 Å². The average molecular weight is 526 g/mol. The molecule has 7 nitrogen and oxygen atoms in total. The summed E-state index contributed by atoms with van der Waals surface area (Å²) in [5, 5.41) is 3.15. The summed E-state index contributed by atoms with van der Waals surface area (Å²) >= 11 is 6.41. The molecule has 0 saturated carbocycles. The molecular weight excluding hydrogens is 499 g/mol. The van der Waals surface area contributed by atoms with Crippen LogP contribution in [0.4, 0.5) is 24.5 Å². The van der Waals surface area contributed by atoms with Crippen molar-refractivity contribution in [3.63, 3.8) is 0 Å². The lowest BCUT2D eigenvalue weighted by Gasteiger charge is -2.33. The van der Waals surface area contributed by atoms with Gasteiger partial charge in [-0.05, 0) is 49.6 Å². The summed E-state index contributed by atoms with van der Waals surface area (Å²) in [4.78, 5) is 28.2. The van der Waals surface area contributed by atoms with Gasteiger partial charge in [0.25, 0.3) is 0 Å². The number of carbonyl (C=O) groups is 2. The van der Waals surface area contributed by atoms with E-state index in [9.17, 15) is 22.8 Å². The fraction of sp³-hybridized carbons (Fsp3) is 0.440. The molecule has 194 valence electrons. The summed E-state index contributed by atoms with van der Waals surface area (Å²) in [7, 11) is 0. The number of halogens is 4. The van der Waals surface area contributed by atoms with Gasteiger partial charge in [0.15, 0.2) is 0 Å². The van der Waals surface area contributed by atoms with Crippen LogP contribution < -0.4 is 19.7 Å². The van der Waals surface area contributed by atoms with Crippen LogP contribution in [0.5, 0.6) is 11.5 Å². The summed E-state index contributed by atoms with van der Waals surface area (Å²) in [6.45, 7) is 3.09. The molecule has 0 spiro atoms. The first-order chi connectivity index (χ1) is 17.1. The van der Waals surface area contributed by atoms with Gasteiger partial charge >= 0.3 is 6.36 Å². The zero-order valence-corrected chi connectivity index (χ0v) is 20.4. The molecule has 2 amide bonds. The van der Waals surface area contributed by atoms with Crippen molar-refractivity contribution in [3.8, 4) is 11.5 Å².